The van der Waals surface area contributed by atoms with Gasteiger partial charge < -0.3 is 20.5 Å². The molecule has 0 aliphatic heterocycles. The van der Waals surface area contributed by atoms with Gasteiger partial charge in [-0.2, -0.15) is 0 Å². The van der Waals surface area contributed by atoms with Gasteiger partial charge in [0, 0.05) is 24.0 Å². The third-order valence-electron chi connectivity index (χ3n) is 4.83. The Morgan fingerprint density at radius 2 is 1.31 bits per heavy atom. The van der Waals surface area contributed by atoms with E-state index in [4.69, 9.17) is 0 Å². The first-order chi connectivity index (χ1) is 15.0. The predicted octanol–water partition coefficient (Wildman–Crippen LogP) is -0.514. The third kappa shape index (κ3) is 7.64. The van der Waals surface area contributed by atoms with Gasteiger partial charge in [0.05, 0.1) is 0 Å². The van der Waals surface area contributed by atoms with Crippen molar-refractivity contribution in [3.8, 4) is 0 Å². The van der Waals surface area contributed by atoms with Crippen molar-refractivity contribution >= 4 is 23.5 Å². The molecule has 0 saturated heterocycles. The number of rotatable bonds is 9. The summed E-state index contributed by atoms with van der Waals surface area (Å²) in [7, 11) is 0. The van der Waals surface area contributed by atoms with Gasteiger partial charge >= 0.3 is 29.6 Å². The second-order valence-electron chi connectivity index (χ2n) is 7.18. The molecule has 0 radical (unpaired) electrons. The van der Waals surface area contributed by atoms with Crippen LogP contribution in [0.25, 0.3) is 0 Å². The molecule has 2 amide bonds. The van der Waals surface area contributed by atoms with Crippen LogP contribution in [0.15, 0.2) is 91.0 Å². The van der Waals surface area contributed by atoms with Crippen molar-refractivity contribution < 1.29 is 49.0 Å². The van der Waals surface area contributed by atoms with Gasteiger partial charge in [0.25, 0.3) is 5.91 Å². The molecular weight excluding hydrogens is 415 g/mol. The fraction of sp³-hybridized carbons (Fsp3) is 0.160. The largest absolute Gasteiger partial charge is 1.00 e. The summed E-state index contributed by atoms with van der Waals surface area (Å²) < 4.78 is 0. The van der Waals surface area contributed by atoms with E-state index in [0.717, 1.165) is 5.56 Å². The molecule has 0 aliphatic carbocycles. The molecule has 0 spiro atoms. The van der Waals surface area contributed by atoms with Crippen molar-refractivity contribution in [2.45, 2.75) is 18.9 Å². The molecule has 158 valence electrons. The van der Waals surface area contributed by atoms with Gasteiger partial charge in [-0.05, 0) is 29.7 Å². The summed E-state index contributed by atoms with van der Waals surface area (Å²) in [4.78, 5) is 37.2. The molecule has 0 aromatic heterocycles. The van der Waals surface area contributed by atoms with Gasteiger partial charge in [-0.3, -0.25) is 9.59 Å². The van der Waals surface area contributed by atoms with Crippen LogP contribution >= 0.6 is 0 Å². The second-order valence-corrected chi connectivity index (χ2v) is 7.18. The van der Waals surface area contributed by atoms with Crippen molar-refractivity contribution in [2.24, 2.45) is 5.92 Å². The Hall–Kier alpha value is -2.93. The number of aliphatic carboxylic acids is 1. The molecule has 7 heteroatoms. The van der Waals surface area contributed by atoms with Crippen LogP contribution in [0, 0.1) is 5.92 Å². The number of nitrogens with one attached hydrogen (secondary N) is 2. The van der Waals surface area contributed by atoms with Crippen molar-refractivity contribution in [3.63, 3.8) is 0 Å². The summed E-state index contributed by atoms with van der Waals surface area (Å²) >= 11 is 0. The van der Waals surface area contributed by atoms with Crippen LogP contribution in [0.5, 0.6) is 0 Å². The Balaban J connectivity index is 0.00000363. The van der Waals surface area contributed by atoms with Gasteiger partial charge in [0.2, 0.25) is 5.91 Å². The Kier molecular flexibility index (Phi) is 10.1. The van der Waals surface area contributed by atoms with E-state index < -0.39 is 29.7 Å². The molecule has 2 atom stereocenters. The van der Waals surface area contributed by atoms with E-state index in [9.17, 15) is 19.5 Å². The minimum atomic E-state index is -1.30. The summed E-state index contributed by atoms with van der Waals surface area (Å²) in [6.45, 7) is 0. The van der Waals surface area contributed by atoms with Gasteiger partial charge in [0.15, 0.2) is 0 Å². The topological polar surface area (TPSA) is 98.3 Å². The smallest absolute Gasteiger partial charge is 0.550 e. The molecule has 6 nitrogen and oxygen atoms in total. The molecule has 0 heterocycles. The average molecular weight is 438 g/mol. The minimum absolute atomic E-state index is 0. The SMILES string of the molecule is O=C(CC(Cc1ccccc1)C(=O)[O-])NC(C(=O)Nc1ccccc1)c1ccccc1.[Na+]. The summed E-state index contributed by atoms with van der Waals surface area (Å²) in [6.07, 6.45) is -0.123. The average Bonchev–Trinajstić information content (AvgIpc) is 2.79. The standard InChI is InChI=1S/C25H24N2O4.Na/c28-22(17-20(25(30)31)16-18-10-4-1-5-11-18)27-23(19-12-6-2-7-13-19)24(29)26-21-14-8-3-9-15-21;/h1-15,20,23H,16-17H2,(H,26,29)(H,27,28)(H,30,31);/q;+1/p-1. The maximum absolute atomic E-state index is 12.9. The number of para-hydroxylation sites is 1. The number of amides is 2. The molecule has 2 unspecified atom stereocenters. The summed E-state index contributed by atoms with van der Waals surface area (Å²) in [5.74, 6) is -3.26. The minimum Gasteiger partial charge on any atom is -0.550 e. The van der Waals surface area contributed by atoms with E-state index in [0.29, 0.717) is 11.3 Å². The van der Waals surface area contributed by atoms with Crippen molar-refractivity contribution in [2.75, 3.05) is 5.32 Å². The monoisotopic (exact) mass is 438 g/mol. The molecule has 3 aromatic carbocycles. The van der Waals surface area contributed by atoms with Crippen LogP contribution < -0.4 is 45.3 Å². The van der Waals surface area contributed by atoms with Crippen molar-refractivity contribution in [3.05, 3.63) is 102 Å². The molecule has 3 rings (SSSR count). The molecule has 0 saturated carbocycles. The van der Waals surface area contributed by atoms with E-state index in [1.54, 1.807) is 72.8 Å². The van der Waals surface area contributed by atoms with E-state index in [1.807, 2.05) is 18.2 Å². The molecule has 0 bridgehead atoms. The Morgan fingerprint density at radius 3 is 1.88 bits per heavy atom. The van der Waals surface area contributed by atoms with Crippen molar-refractivity contribution in [1.29, 1.82) is 0 Å². The van der Waals surface area contributed by atoms with E-state index in [2.05, 4.69) is 10.6 Å². The molecule has 3 aromatic rings. The summed E-state index contributed by atoms with van der Waals surface area (Å²) in [5, 5.41) is 17.1. The number of carboxylic acids is 1. The first-order valence-electron chi connectivity index (χ1n) is 9.98. The molecular formula is C25H23N2NaO4. The Labute approximate surface area is 209 Å². The van der Waals surface area contributed by atoms with Gasteiger partial charge in [0.1, 0.15) is 6.04 Å². The van der Waals surface area contributed by atoms with Gasteiger partial charge in [-0.1, -0.05) is 78.9 Å². The van der Waals surface area contributed by atoms with Gasteiger partial charge in [-0.15, -0.1) is 0 Å². The van der Waals surface area contributed by atoms with E-state index in [-0.39, 0.29) is 42.4 Å². The fourth-order valence-electron chi connectivity index (χ4n) is 3.26. The van der Waals surface area contributed by atoms with Crippen molar-refractivity contribution in [1.82, 2.24) is 5.32 Å². The third-order valence-corrected chi connectivity index (χ3v) is 4.83. The normalized spacial score (nSPS) is 12.0. The molecule has 2 N–H and O–H groups in total. The molecule has 0 fully saturated rings. The number of carbonyl (C=O) groups excluding carboxylic acids is 3. The van der Waals surface area contributed by atoms with Crippen LogP contribution in [-0.2, 0) is 20.8 Å². The fourth-order valence-corrected chi connectivity index (χ4v) is 3.26. The van der Waals surface area contributed by atoms with Crippen LogP contribution in [0.3, 0.4) is 0 Å². The zero-order valence-corrected chi connectivity index (χ0v) is 19.9. The number of hydrogen-bond acceptors (Lipinski definition) is 4. The maximum Gasteiger partial charge on any atom is 1.00 e. The number of anilines is 1. The van der Waals surface area contributed by atoms with Crippen LogP contribution in [0.4, 0.5) is 5.69 Å². The number of carbonyl (C=O) groups is 3. The van der Waals surface area contributed by atoms with E-state index >= 15 is 0 Å². The Bertz CT molecular complexity index is 1010. The quantitative estimate of drug-likeness (QED) is 0.440. The molecule has 0 aliphatic rings. The first kappa shape index (κ1) is 25.3. The van der Waals surface area contributed by atoms with E-state index in [1.165, 1.54) is 0 Å². The predicted molar refractivity (Wildman–Crippen MR) is 116 cm³/mol. The number of benzene rings is 3. The zero-order chi connectivity index (χ0) is 22.1. The maximum atomic E-state index is 12.9. The number of carboxylic acid groups (broad SMARTS) is 1. The first-order valence-corrected chi connectivity index (χ1v) is 9.98. The van der Waals surface area contributed by atoms with Gasteiger partial charge in [-0.25, -0.2) is 0 Å². The summed E-state index contributed by atoms with van der Waals surface area (Å²) in [5.41, 5.74) is 1.99. The summed E-state index contributed by atoms with van der Waals surface area (Å²) in [6, 6.07) is 25.8. The Morgan fingerprint density at radius 1 is 0.781 bits per heavy atom. The van der Waals surface area contributed by atoms with Crippen LogP contribution in [0.1, 0.15) is 23.6 Å². The van der Waals surface area contributed by atoms with Crippen LogP contribution in [-0.4, -0.2) is 17.8 Å². The zero-order valence-electron chi connectivity index (χ0n) is 17.9. The van der Waals surface area contributed by atoms with Crippen LogP contribution in [0.2, 0.25) is 0 Å². The second kappa shape index (κ2) is 12.8. The molecule has 32 heavy (non-hydrogen) atoms. The number of hydrogen-bond donors (Lipinski definition) is 2.